The predicted molar refractivity (Wildman–Crippen MR) is 96.7 cm³/mol. The average Bonchev–Trinajstić information content (AvgIpc) is 2.86. The van der Waals surface area contributed by atoms with Gasteiger partial charge in [-0.1, -0.05) is 12.1 Å². The lowest BCUT2D eigenvalue weighted by Gasteiger charge is -2.12. The Morgan fingerprint density at radius 1 is 1.08 bits per heavy atom. The number of aromatic amines is 1. The number of amides is 1. The number of hydrazone groups is 1. The fourth-order valence-corrected chi connectivity index (χ4v) is 2.34. The largest absolute Gasteiger partial charge is 0.378 e. The van der Waals surface area contributed by atoms with Crippen molar-refractivity contribution >= 4 is 29.3 Å². The van der Waals surface area contributed by atoms with E-state index in [0.717, 1.165) is 16.3 Å². The number of carbonyl (C=O) groups is 1. The molecule has 1 aromatic heterocycles. The van der Waals surface area contributed by atoms with Gasteiger partial charge in [-0.15, -0.1) is 10.2 Å². The molecule has 1 aliphatic heterocycles. The number of nitrogens with one attached hydrogen (secondary N) is 1. The minimum absolute atomic E-state index is 0.00584. The van der Waals surface area contributed by atoms with Gasteiger partial charge in [0, 0.05) is 19.8 Å². The number of rotatable bonds is 3. The number of aromatic nitrogens is 3. The zero-order valence-electron chi connectivity index (χ0n) is 14.4. The first-order valence-corrected chi connectivity index (χ1v) is 7.69. The van der Waals surface area contributed by atoms with Gasteiger partial charge in [-0.05, 0) is 37.6 Å². The molecule has 8 heteroatoms. The smallest absolute Gasteiger partial charge is 0.283 e. The number of hydrogen-bond donors (Lipinski definition) is 1. The van der Waals surface area contributed by atoms with Gasteiger partial charge in [0.2, 0.25) is 0 Å². The summed E-state index contributed by atoms with van der Waals surface area (Å²) in [5.41, 5.74) is 2.77. The van der Waals surface area contributed by atoms with Gasteiger partial charge < -0.3 is 4.90 Å². The van der Waals surface area contributed by atoms with Crippen LogP contribution in [-0.2, 0) is 4.79 Å². The molecule has 2 heterocycles. The fourth-order valence-electron chi connectivity index (χ4n) is 2.34. The molecule has 0 saturated carbocycles. The number of hydrogen-bond acceptors (Lipinski definition) is 6. The van der Waals surface area contributed by atoms with Gasteiger partial charge in [0.25, 0.3) is 17.4 Å². The summed E-state index contributed by atoms with van der Waals surface area (Å²) in [5.74, 6) is -0.353. The number of benzene rings is 1. The molecule has 1 aliphatic rings. The van der Waals surface area contributed by atoms with E-state index in [9.17, 15) is 9.59 Å². The van der Waals surface area contributed by atoms with Crippen molar-refractivity contribution in [3.05, 3.63) is 51.4 Å². The summed E-state index contributed by atoms with van der Waals surface area (Å²) >= 11 is 0. The second-order valence-electron chi connectivity index (χ2n) is 5.91. The first-order valence-electron chi connectivity index (χ1n) is 7.69. The molecule has 0 spiro atoms. The Kier molecular flexibility index (Phi) is 4.18. The van der Waals surface area contributed by atoms with Gasteiger partial charge in [-0.3, -0.25) is 14.6 Å². The summed E-state index contributed by atoms with van der Waals surface area (Å²) in [5, 5.41) is 12.8. The molecule has 3 rings (SSSR count). The van der Waals surface area contributed by atoms with Crippen molar-refractivity contribution in [2.75, 3.05) is 24.0 Å². The van der Waals surface area contributed by atoms with E-state index in [4.69, 9.17) is 0 Å². The summed E-state index contributed by atoms with van der Waals surface area (Å²) in [6, 6.07) is 7.80. The SMILES string of the molecule is CC1=NN(c2nnc(C)c(=O)[nH]2)C(=O)/C1=C\c1ccc(N(C)C)cc1. The number of anilines is 2. The van der Waals surface area contributed by atoms with Crippen LogP contribution < -0.4 is 15.5 Å². The molecule has 0 saturated heterocycles. The van der Waals surface area contributed by atoms with Crippen molar-refractivity contribution < 1.29 is 4.79 Å². The molecule has 128 valence electrons. The van der Waals surface area contributed by atoms with Crippen molar-refractivity contribution in [3.63, 3.8) is 0 Å². The Morgan fingerprint density at radius 2 is 1.76 bits per heavy atom. The van der Waals surface area contributed by atoms with Gasteiger partial charge in [0.1, 0.15) is 5.69 Å². The van der Waals surface area contributed by atoms with Crippen molar-refractivity contribution in [1.29, 1.82) is 0 Å². The number of H-pyrrole nitrogens is 1. The third-order valence-electron chi connectivity index (χ3n) is 3.83. The van der Waals surface area contributed by atoms with Crippen LogP contribution in [0, 0.1) is 6.92 Å². The maximum Gasteiger partial charge on any atom is 0.283 e. The molecule has 0 bridgehead atoms. The molecular weight excluding hydrogens is 320 g/mol. The summed E-state index contributed by atoms with van der Waals surface area (Å²) < 4.78 is 0. The van der Waals surface area contributed by atoms with Crippen LogP contribution in [0.15, 0.2) is 39.7 Å². The molecule has 0 aliphatic carbocycles. The van der Waals surface area contributed by atoms with Gasteiger partial charge in [-0.2, -0.15) is 10.1 Å². The van der Waals surface area contributed by atoms with Crippen LogP contribution in [0.5, 0.6) is 0 Å². The Morgan fingerprint density at radius 3 is 2.36 bits per heavy atom. The number of nitrogens with zero attached hydrogens (tertiary/aromatic N) is 5. The number of aryl methyl sites for hydroxylation is 1. The van der Waals surface area contributed by atoms with Gasteiger partial charge in [-0.25, -0.2) is 0 Å². The van der Waals surface area contributed by atoms with Crippen molar-refractivity contribution in [3.8, 4) is 0 Å². The maximum atomic E-state index is 12.6. The summed E-state index contributed by atoms with van der Waals surface area (Å²) in [6.45, 7) is 3.27. The fraction of sp³-hybridized carbons (Fsp3) is 0.235. The van der Waals surface area contributed by atoms with E-state index < -0.39 is 5.56 Å². The normalized spacial score (nSPS) is 15.7. The Labute approximate surface area is 144 Å². The van der Waals surface area contributed by atoms with Crippen molar-refractivity contribution in [1.82, 2.24) is 15.2 Å². The molecule has 2 aromatic rings. The lowest BCUT2D eigenvalue weighted by molar-refractivity contribution is -0.114. The standard InChI is InChI=1S/C17H18N6O2/c1-10-14(9-12-5-7-13(8-6-12)22(3)4)16(25)23(21-10)17-18-15(24)11(2)19-20-17/h5-9H,1-4H3,(H,18,20,24)/b14-9-. The predicted octanol–water partition coefficient (Wildman–Crippen LogP) is 1.35. The number of carbonyl (C=O) groups excluding carboxylic acids is 1. The molecule has 0 fully saturated rings. The first-order chi connectivity index (χ1) is 11.9. The maximum absolute atomic E-state index is 12.6. The highest BCUT2D eigenvalue weighted by Crippen LogP contribution is 2.22. The van der Waals surface area contributed by atoms with Crippen LogP contribution in [0.4, 0.5) is 11.6 Å². The van der Waals surface area contributed by atoms with E-state index in [2.05, 4.69) is 20.3 Å². The molecular formula is C17H18N6O2. The Hall–Kier alpha value is -3.29. The third-order valence-corrected chi connectivity index (χ3v) is 3.83. The topological polar surface area (TPSA) is 94.5 Å². The molecule has 1 N–H and O–H groups in total. The van der Waals surface area contributed by atoms with Gasteiger partial charge in [0.05, 0.1) is 11.3 Å². The highest BCUT2D eigenvalue weighted by molar-refractivity contribution is 6.31. The van der Waals surface area contributed by atoms with Gasteiger partial charge >= 0.3 is 0 Å². The monoisotopic (exact) mass is 338 g/mol. The van der Waals surface area contributed by atoms with Crippen LogP contribution in [0.25, 0.3) is 6.08 Å². The van der Waals surface area contributed by atoms with Gasteiger partial charge in [0.15, 0.2) is 0 Å². The van der Waals surface area contributed by atoms with Crippen LogP contribution in [-0.4, -0.2) is 40.9 Å². The van der Waals surface area contributed by atoms with E-state index in [1.165, 1.54) is 0 Å². The average molecular weight is 338 g/mol. The van der Waals surface area contributed by atoms with E-state index in [0.29, 0.717) is 11.3 Å². The zero-order chi connectivity index (χ0) is 18.1. The molecule has 1 aromatic carbocycles. The minimum atomic E-state index is -0.401. The molecule has 0 atom stereocenters. The van der Waals surface area contributed by atoms with Crippen molar-refractivity contribution in [2.45, 2.75) is 13.8 Å². The second-order valence-corrected chi connectivity index (χ2v) is 5.91. The lowest BCUT2D eigenvalue weighted by atomic mass is 10.1. The van der Waals surface area contributed by atoms with E-state index in [1.807, 2.05) is 43.3 Å². The molecule has 25 heavy (non-hydrogen) atoms. The summed E-state index contributed by atoms with van der Waals surface area (Å²) in [4.78, 5) is 28.8. The molecule has 0 radical (unpaired) electrons. The Balaban J connectivity index is 1.91. The first kappa shape index (κ1) is 16.6. The van der Waals surface area contributed by atoms with Crippen LogP contribution >= 0.6 is 0 Å². The highest BCUT2D eigenvalue weighted by atomic mass is 16.2. The van der Waals surface area contributed by atoms with E-state index in [-0.39, 0.29) is 17.5 Å². The van der Waals surface area contributed by atoms with E-state index in [1.54, 1.807) is 19.9 Å². The molecule has 8 nitrogen and oxygen atoms in total. The van der Waals surface area contributed by atoms with Crippen LogP contribution in [0.2, 0.25) is 0 Å². The van der Waals surface area contributed by atoms with E-state index >= 15 is 0 Å². The minimum Gasteiger partial charge on any atom is -0.378 e. The zero-order valence-corrected chi connectivity index (χ0v) is 14.4. The quantitative estimate of drug-likeness (QED) is 0.853. The lowest BCUT2D eigenvalue weighted by Crippen LogP contribution is -2.27. The van der Waals surface area contributed by atoms with Crippen LogP contribution in [0.1, 0.15) is 18.2 Å². The van der Waals surface area contributed by atoms with Crippen molar-refractivity contribution in [2.24, 2.45) is 5.10 Å². The summed E-state index contributed by atoms with van der Waals surface area (Å²) in [7, 11) is 3.93. The molecule has 0 unspecified atom stereocenters. The Bertz CT molecular complexity index is 940. The van der Waals surface area contributed by atoms with Crippen LogP contribution in [0.3, 0.4) is 0 Å². The second kappa shape index (κ2) is 6.31. The third kappa shape index (κ3) is 3.18. The highest BCUT2D eigenvalue weighted by Gasteiger charge is 2.30. The molecule has 1 amide bonds. The summed E-state index contributed by atoms with van der Waals surface area (Å²) in [6.07, 6.45) is 1.76.